The second-order valence-electron chi connectivity index (χ2n) is 12.1. The minimum Gasteiger partial charge on any atom is -0.444 e. The number of amides is 1. The third-order valence-corrected chi connectivity index (χ3v) is 7.82. The predicted octanol–water partition coefficient (Wildman–Crippen LogP) is 4.58. The highest BCUT2D eigenvalue weighted by atomic mass is 19.1. The highest BCUT2D eigenvalue weighted by Gasteiger charge is 2.55. The molecular weight excluding hydrogens is 436 g/mol. The van der Waals surface area contributed by atoms with Crippen molar-refractivity contribution in [3.63, 3.8) is 0 Å². The van der Waals surface area contributed by atoms with E-state index in [0.29, 0.717) is 17.5 Å². The molecule has 2 aliphatic heterocycles. The monoisotopic (exact) mass is 471 g/mol. The number of carbonyl (C=O) groups is 1. The molecule has 1 aromatic heterocycles. The van der Waals surface area contributed by atoms with Crippen LogP contribution < -0.4 is 5.46 Å². The second-order valence-corrected chi connectivity index (χ2v) is 12.1. The molecule has 1 aromatic carbocycles. The van der Waals surface area contributed by atoms with Crippen molar-refractivity contribution in [1.82, 2.24) is 14.7 Å². The molecule has 2 aromatic rings. The average Bonchev–Trinajstić information content (AvgIpc) is 3.23. The van der Waals surface area contributed by atoms with E-state index in [1.165, 1.54) is 6.07 Å². The molecule has 3 fully saturated rings. The number of hydrogen-bond acceptors (Lipinski definition) is 5. The van der Waals surface area contributed by atoms with E-state index in [2.05, 4.69) is 5.10 Å². The summed E-state index contributed by atoms with van der Waals surface area (Å²) in [6.07, 6.45) is 5.14. The van der Waals surface area contributed by atoms with Gasteiger partial charge in [0.15, 0.2) is 5.82 Å². The molecule has 34 heavy (non-hydrogen) atoms. The van der Waals surface area contributed by atoms with Crippen molar-refractivity contribution in [2.75, 3.05) is 6.54 Å². The maximum Gasteiger partial charge on any atom is 0.494 e. The van der Waals surface area contributed by atoms with Gasteiger partial charge >= 0.3 is 13.2 Å². The zero-order chi connectivity index (χ0) is 24.7. The number of ether oxygens (including phenoxy) is 1. The van der Waals surface area contributed by atoms with Crippen molar-refractivity contribution in [1.29, 1.82) is 0 Å². The van der Waals surface area contributed by atoms with E-state index in [9.17, 15) is 4.79 Å². The molecule has 9 heteroatoms. The van der Waals surface area contributed by atoms with E-state index in [4.69, 9.17) is 14.0 Å². The second kappa shape index (κ2) is 7.44. The van der Waals surface area contributed by atoms with Crippen molar-refractivity contribution in [3.8, 4) is 0 Å². The molecule has 184 valence electrons. The van der Waals surface area contributed by atoms with E-state index < -0.39 is 23.9 Å². The third kappa shape index (κ3) is 4.00. The predicted molar refractivity (Wildman–Crippen MR) is 129 cm³/mol. The normalized spacial score (nSPS) is 25.2. The van der Waals surface area contributed by atoms with Gasteiger partial charge in [-0.05, 0) is 85.7 Å². The van der Waals surface area contributed by atoms with Crippen LogP contribution in [0.2, 0.25) is 0 Å². The zero-order valence-corrected chi connectivity index (χ0v) is 21.3. The van der Waals surface area contributed by atoms with Crippen molar-refractivity contribution in [3.05, 3.63) is 24.1 Å². The Morgan fingerprint density at radius 2 is 1.82 bits per heavy atom. The fraction of sp³-hybridized carbons (Fsp3) is 0.680. The molecule has 1 amide bonds. The third-order valence-electron chi connectivity index (χ3n) is 7.82. The molecule has 1 aliphatic carbocycles. The Morgan fingerprint density at radius 1 is 1.18 bits per heavy atom. The number of rotatable bonds is 2. The highest BCUT2D eigenvalue weighted by molar-refractivity contribution is 6.62. The molecular formula is C25H35BFN3O4. The van der Waals surface area contributed by atoms with Crippen LogP contribution in [-0.2, 0) is 14.0 Å². The Hall–Kier alpha value is -2.13. The Balaban J connectivity index is 1.37. The van der Waals surface area contributed by atoms with Crippen molar-refractivity contribution >= 4 is 29.6 Å². The van der Waals surface area contributed by atoms with E-state index in [-0.39, 0.29) is 23.5 Å². The maximum absolute atomic E-state index is 15.1. The summed E-state index contributed by atoms with van der Waals surface area (Å²) in [5.41, 5.74) is -0.672. The van der Waals surface area contributed by atoms with Crippen molar-refractivity contribution in [2.45, 2.75) is 103 Å². The Labute approximate surface area is 201 Å². The molecule has 1 atom stereocenters. The smallest absolute Gasteiger partial charge is 0.444 e. The SMILES string of the molecule is CC(C)(C)OC(=O)N1CCC(n2cc3cc(B4OC(C)(C)C(C)(C)O4)cc(F)c3n2)CC12CC2. The summed E-state index contributed by atoms with van der Waals surface area (Å²) in [4.78, 5) is 14.7. The van der Waals surface area contributed by atoms with Gasteiger partial charge in [0.25, 0.3) is 0 Å². The lowest BCUT2D eigenvalue weighted by molar-refractivity contribution is 0.0000108. The minimum absolute atomic E-state index is 0.105. The lowest BCUT2D eigenvalue weighted by atomic mass is 9.78. The molecule has 5 rings (SSSR count). The number of piperidine rings is 1. The molecule has 1 spiro atoms. The average molecular weight is 471 g/mol. The summed E-state index contributed by atoms with van der Waals surface area (Å²) in [5.74, 6) is -0.381. The molecule has 1 saturated carbocycles. The van der Waals surface area contributed by atoms with Gasteiger partial charge in [-0.15, -0.1) is 0 Å². The van der Waals surface area contributed by atoms with Gasteiger partial charge in [-0.2, -0.15) is 5.10 Å². The molecule has 0 N–H and O–H groups in total. The number of aromatic nitrogens is 2. The van der Waals surface area contributed by atoms with Gasteiger partial charge in [0, 0.05) is 23.7 Å². The number of carbonyl (C=O) groups excluding carboxylic acids is 1. The topological polar surface area (TPSA) is 65.8 Å². The first-order valence-electron chi connectivity index (χ1n) is 12.2. The number of hydrogen-bond donors (Lipinski definition) is 0. The number of fused-ring (bicyclic) bond motifs is 1. The number of benzene rings is 1. The lowest BCUT2D eigenvalue weighted by Gasteiger charge is -2.40. The molecule has 7 nitrogen and oxygen atoms in total. The molecule has 2 saturated heterocycles. The summed E-state index contributed by atoms with van der Waals surface area (Å²) in [6.45, 7) is 14.2. The Bertz CT molecular complexity index is 1120. The summed E-state index contributed by atoms with van der Waals surface area (Å²) < 4.78 is 34.9. The largest absolute Gasteiger partial charge is 0.494 e. The van der Waals surface area contributed by atoms with Gasteiger partial charge in [-0.25, -0.2) is 9.18 Å². The zero-order valence-electron chi connectivity index (χ0n) is 21.3. The van der Waals surface area contributed by atoms with Crippen LogP contribution in [0.15, 0.2) is 18.3 Å². The highest BCUT2D eigenvalue weighted by Crippen LogP contribution is 2.51. The Kier molecular flexibility index (Phi) is 5.16. The van der Waals surface area contributed by atoms with Gasteiger partial charge in [-0.1, -0.05) is 6.07 Å². The summed E-state index contributed by atoms with van der Waals surface area (Å²) in [6, 6.07) is 3.48. The molecule has 3 heterocycles. The first kappa shape index (κ1) is 23.6. The van der Waals surface area contributed by atoms with Gasteiger partial charge in [0.1, 0.15) is 11.1 Å². The summed E-state index contributed by atoms with van der Waals surface area (Å²) in [5, 5.41) is 5.33. The van der Waals surface area contributed by atoms with Gasteiger partial charge in [0.2, 0.25) is 0 Å². The van der Waals surface area contributed by atoms with E-state index in [1.54, 1.807) is 0 Å². The van der Waals surface area contributed by atoms with Crippen LogP contribution in [-0.4, -0.2) is 56.8 Å². The van der Waals surface area contributed by atoms with Crippen LogP contribution in [0.1, 0.15) is 80.2 Å². The first-order chi connectivity index (χ1) is 15.7. The molecule has 0 radical (unpaired) electrons. The van der Waals surface area contributed by atoms with Gasteiger partial charge in [0.05, 0.1) is 17.2 Å². The van der Waals surface area contributed by atoms with Crippen LogP contribution in [0.5, 0.6) is 0 Å². The van der Waals surface area contributed by atoms with Gasteiger partial charge < -0.3 is 18.9 Å². The fourth-order valence-corrected chi connectivity index (χ4v) is 5.05. The molecule has 1 unspecified atom stereocenters. The molecule has 0 bridgehead atoms. The van der Waals surface area contributed by atoms with E-state index in [1.807, 2.05) is 70.3 Å². The van der Waals surface area contributed by atoms with Crippen LogP contribution in [0.25, 0.3) is 10.9 Å². The number of likely N-dealkylation sites (tertiary alicyclic amines) is 1. The summed E-state index contributed by atoms with van der Waals surface area (Å²) in [7, 11) is -0.626. The van der Waals surface area contributed by atoms with Gasteiger partial charge in [-0.3, -0.25) is 4.68 Å². The van der Waals surface area contributed by atoms with Crippen molar-refractivity contribution in [2.24, 2.45) is 0 Å². The van der Waals surface area contributed by atoms with E-state index in [0.717, 1.165) is 31.1 Å². The number of halogens is 1. The van der Waals surface area contributed by atoms with Crippen LogP contribution in [0, 0.1) is 5.82 Å². The van der Waals surface area contributed by atoms with Crippen molar-refractivity contribution < 1.29 is 23.2 Å². The van der Waals surface area contributed by atoms with Crippen LogP contribution in [0.4, 0.5) is 9.18 Å². The fourth-order valence-electron chi connectivity index (χ4n) is 5.05. The van der Waals surface area contributed by atoms with Crippen LogP contribution in [0.3, 0.4) is 0 Å². The molecule has 3 aliphatic rings. The summed E-state index contributed by atoms with van der Waals surface area (Å²) >= 11 is 0. The van der Waals surface area contributed by atoms with E-state index >= 15 is 4.39 Å². The number of nitrogens with zero attached hydrogens (tertiary/aromatic N) is 3. The first-order valence-corrected chi connectivity index (χ1v) is 12.2. The standard InChI is InChI=1S/C25H35BFN3O4/c1-22(2,3)32-21(31)29-11-8-18(14-25(29)9-10-25)30-15-16-12-17(13-19(27)20(16)28-30)26-33-23(4,5)24(6,7)34-26/h12-13,15,18H,8-11,14H2,1-7H3. The minimum atomic E-state index is -0.626. The Morgan fingerprint density at radius 3 is 2.41 bits per heavy atom. The lowest BCUT2D eigenvalue weighted by Crippen LogP contribution is -2.50. The maximum atomic E-state index is 15.1. The quantitative estimate of drug-likeness (QED) is 0.600. The van der Waals surface area contributed by atoms with Crippen LogP contribution >= 0.6 is 0 Å².